The van der Waals surface area contributed by atoms with Crippen LogP contribution in [-0.4, -0.2) is 23.5 Å². The van der Waals surface area contributed by atoms with Gasteiger partial charge in [0, 0.05) is 5.57 Å². The second-order valence-corrected chi connectivity index (χ2v) is 3.86. The standard InChI is InChI=1S/C11H13NO2/c13-11(14)10-6-9(10)4-3-8-2-1-5-12-7-8/h1-2,9-10H,3-6H2,(H,13,14). The van der Waals surface area contributed by atoms with Crippen molar-refractivity contribution in [2.75, 3.05) is 6.54 Å². The van der Waals surface area contributed by atoms with Crippen LogP contribution in [0.3, 0.4) is 0 Å². The topological polar surface area (TPSA) is 49.7 Å². The largest absolute Gasteiger partial charge is 0.481 e. The highest BCUT2D eigenvalue weighted by molar-refractivity contribution is 5.73. The van der Waals surface area contributed by atoms with E-state index in [1.54, 1.807) is 0 Å². The minimum atomic E-state index is -0.642. The summed E-state index contributed by atoms with van der Waals surface area (Å²) in [5, 5.41) is 8.71. The molecule has 2 aliphatic rings. The third-order valence-electron chi connectivity index (χ3n) is 2.76. The van der Waals surface area contributed by atoms with Crippen molar-refractivity contribution in [3.8, 4) is 0 Å². The van der Waals surface area contributed by atoms with Crippen molar-refractivity contribution in [2.45, 2.75) is 19.3 Å². The molecular weight excluding hydrogens is 178 g/mol. The number of carboxylic acids is 1. The van der Waals surface area contributed by atoms with Gasteiger partial charge in [-0.3, -0.25) is 4.79 Å². The molecule has 0 saturated heterocycles. The first kappa shape index (κ1) is 9.22. The minimum absolute atomic E-state index is 0.0832. The maximum absolute atomic E-state index is 10.6. The Morgan fingerprint density at radius 3 is 3.14 bits per heavy atom. The number of carboxylic acid groups (broad SMARTS) is 1. The maximum Gasteiger partial charge on any atom is 0.306 e. The molecule has 1 aliphatic heterocycles. The molecule has 0 amide bonds. The lowest BCUT2D eigenvalue weighted by Gasteiger charge is -2.00. The van der Waals surface area contributed by atoms with Gasteiger partial charge in [0.05, 0.1) is 12.5 Å². The average Bonchev–Trinajstić information content (AvgIpc) is 2.96. The molecule has 3 nitrogen and oxygen atoms in total. The molecule has 0 spiro atoms. The van der Waals surface area contributed by atoms with E-state index in [0.717, 1.165) is 31.4 Å². The van der Waals surface area contributed by atoms with Gasteiger partial charge in [0.2, 0.25) is 0 Å². The summed E-state index contributed by atoms with van der Waals surface area (Å²) < 4.78 is 0. The molecule has 1 heterocycles. The van der Waals surface area contributed by atoms with Crippen molar-refractivity contribution in [3.05, 3.63) is 17.7 Å². The van der Waals surface area contributed by atoms with Crippen LogP contribution in [0, 0.1) is 11.8 Å². The Kier molecular flexibility index (Phi) is 2.51. The number of carbonyl (C=O) groups is 1. The van der Waals surface area contributed by atoms with E-state index < -0.39 is 5.97 Å². The van der Waals surface area contributed by atoms with Crippen LogP contribution < -0.4 is 0 Å². The molecule has 2 rings (SSSR count). The van der Waals surface area contributed by atoms with E-state index in [9.17, 15) is 4.79 Å². The molecule has 74 valence electrons. The summed E-state index contributed by atoms with van der Waals surface area (Å²) >= 11 is 0. The number of nitrogens with zero attached hydrogens (tertiary/aromatic N) is 1. The van der Waals surface area contributed by atoms with Crippen LogP contribution in [0.25, 0.3) is 0 Å². The molecular formula is C11H13NO2. The third kappa shape index (κ3) is 2.12. The van der Waals surface area contributed by atoms with Crippen molar-refractivity contribution in [1.29, 1.82) is 0 Å². The lowest BCUT2D eigenvalue weighted by Crippen LogP contribution is -1.99. The number of hydrogen-bond donors (Lipinski definition) is 1. The first-order valence-corrected chi connectivity index (χ1v) is 4.95. The summed E-state index contributed by atoms with van der Waals surface area (Å²) in [4.78, 5) is 14.6. The number of aliphatic carboxylic acids is 1. The Morgan fingerprint density at radius 1 is 1.71 bits per heavy atom. The molecule has 0 aromatic rings. The fourth-order valence-corrected chi connectivity index (χ4v) is 1.78. The zero-order chi connectivity index (χ0) is 9.97. The molecule has 1 saturated carbocycles. The van der Waals surface area contributed by atoms with E-state index in [0.29, 0.717) is 5.92 Å². The van der Waals surface area contributed by atoms with Crippen LogP contribution >= 0.6 is 0 Å². The lowest BCUT2D eigenvalue weighted by atomic mass is 10.1. The highest BCUT2D eigenvalue weighted by Crippen LogP contribution is 2.42. The van der Waals surface area contributed by atoms with Crippen LogP contribution in [-0.2, 0) is 4.79 Å². The van der Waals surface area contributed by atoms with Crippen LogP contribution in [0.5, 0.6) is 0 Å². The summed E-state index contributed by atoms with van der Waals surface area (Å²) in [7, 11) is 0. The van der Waals surface area contributed by atoms with Gasteiger partial charge < -0.3 is 5.11 Å². The predicted octanol–water partition coefficient (Wildman–Crippen LogP) is 1.65. The average molecular weight is 191 g/mol. The van der Waals surface area contributed by atoms with Gasteiger partial charge in [0.1, 0.15) is 0 Å². The molecule has 2 unspecified atom stereocenters. The van der Waals surface area contributed by atoms with Crippen molar-refractivity contribution < 1.29 is 9.90 Å². The fraction of sp³-hybridized carbons (Fsp3) is 0.545. The summed E-state index contributed by atoms with van der Waals surface area (Å²) in [6.07, 6.45) is 6.76. The second kappa shape index (κ2) is 3.81. The van der Waals surface area contributed by atoms with E-state index in [1.165, 1.54) is 0 Å². The normalized spacial score (nSPS) is 28.7. The smallest absolute Gasteiger partial charge is 0.306 e. The molecule has 0 radical (unpaired) electrons. The highest BCUT2D eigenvalue weighted by atomic mass is 16.4. The van der Waals surface area contributed by atoms with Gasteiger partial charge in [-0.25, -0.2) is 4.99 Å². The first-order chi connectivity index (χ1) is 6.77. The predicted molar refractivity (Wildman–Crippen MR) is 53.4 cm³/mol. The van der Waals surface area contributed by atoms with E-state index in [-0.39, 0.29) is 5.92 Å². The van der Waals surface area contributed by atoms with Crippen molar-refractivity contribution >= 4 is 11.8 Å². The zero-order valence-electron chi connectivity index (χ0n) is 7.94. The first-order valence-electron chi connectivity index (χ1n) is 4.95. The molecule has 3 heteroatoms. The molecule has 1 N–H and O–H groups in total. The van der Waals surface area contributed by atoms with Crippen molar-refractivity contribution in [2.24, 2.45) is 16.8 Å². The molecule has 1 fully saturated rings. The van der Waals surface area contributed by atoms with E-state index in [2.05, 4.69) is 10.9 Å². The van der Waals surface area contributed by atoms with Gasteiger partial charge in [0.25, 0.3) is 0 Å². The Balaban J connectivity index is 1.77. The molecule has 1 aliphatic carbocycles. The fourth-order valence-electron chi connectivity index (χ4n) is 1.78. The van der Waals surface area contributed by atoms with Gasteiger partial charge in [0.15, 0.2) is 0 Å². The quantitative estimate of drug-likeness (QED) is 0.734. The number of allylic oxidation sites excluding steroid dienone is 2. The summed E-state index contributed by atoms with van der Waals surface area (Å²) in [6.45, 7) is 0.727. The number of aliphatic imine (C=N–C) groups is 1. The van der Waals surface area contributed by atoms with Crippen LogP contribution in [0.4, 0.5) is 0 Å². The Bertz CT molecular complexity index is 337. The van der Waals surface area contributed by atoms with Gasteiger partial charge >= 0.3 is 5.97 Å². The van der Waals surface area contributed by atoms with Gasteiger partial charge in [-0.1, -0.05) is 12.2 Å². The summed E-state index contributed by atoms with van der Waals surface area (Å²) in [6, 6.07) is 0. The molecule has 0 aromatic carbocycles. The van der Waals surface area contributed by atoms with Crippen molar-refractivity contribution in [3.63, 3.8) is 0 Å². The molecule has 0 aromatic heterocycles. The highest BCUT2D eigenvalue weighted by Gasteiger charge is 2.42. The molecule has 14 heavy (non-hydrogen) atoms. The summed E-state index contributed by atoms with van der Waals surface area (Å²) in [5.41, 5.74) is 1.10. The van der Waals surface area contributed by atoms with Gasteiger partial charge in [-0.2, -0.15) is 0 Å². The van der Waals surface area contributed by atoms with Gasteiger partial charge in [-0.15, -0.1) is 0 Å². The van der Waals surface area contributed by atoms with Crippen molar-refractivity contribution in [1.82, 2.24) is 0 Å². The van der Waals surface area contributed by atoms with E-state index >= 15 is 0 Å². The Labute approximate surface area is 82.8 Å². The van der Waals surface area contributed by atoms with Crippen LogP contribution in [0.2, 0.25) is 0 Å². The second-order valence-electron chi connectivity index (χ2n) is 3.86. The van der Waals surface area contributed by atoms with Crippen LogP contribution in [0.1, 0.15) is 19.3 Å². The molecule has 2 atom stereocenters. The minimum Gasteiger partial charge on any atom is -0.481 e. The van der Waals surface area contributed by atoms with Crippen LogP contribution in [0.15, 0.2) is 22.7 Å². The summed E-state index contributed by atoms with van der Waals surface area (Å²) in [5.74, 6) is 2.61. The molecule has 0 bridgehead atoms. The zero-order valence-corrected chi connectivity index (χ0v) is 7.94. The maximum atomic E-state index is 10.6. The lowest BCUT2D eigenvalue weighted by molar-refractivity contribution is -0.138. The van der Waals surface area contributed by atoms with E-state index in [4.69, 9.17) is 5.11 Å². The number of rotatable bonds is 4. The van der Waals surface area contributed by atoms with E-state index in [1.807, 2.05) is 12.2 Å². The van der Waals surface area contributed by atoms with Gasteiger partial charge in [-0.05, 0) is 31.1 Å². The third-order valence-corrected chi connectivity index (χ3v) is 2.76. The monoisotopic (exact) mass is 191 g/mol. The Hall–Kier alpha value is -1.34. The number of hydrogen-bond acceptors (Lipinski definition) is 2. The SMILES string of the molecule is O=C(O)C1CC1CCC1=C=NCC=C1. The Morgan fingerprint density at radius 2 is 2.57 bits per heavy atom.